The Morgan fingerprint density at radius 2 is 1.81 bits per heavy atom. The summed E-state index contributed by atoms with van der Waals surface area (Å²) in [6, 6.07) is 2.23. The molecule has 0 fully saturated rings. The molecule has 0 radical (unpaired) electrons. The van der Waals surface area contributed by atoms with Gasteiger partial charge in [-0.3, -0.25) is 4.98 Å². The molecule has 0 amide bonds. The second-order valence-corrected chi connectivity index (χ2v) is 4.86. The Hall–Kier alpha value is -1.09. The van der Waals surface area contributed by atoms with E-state index in [2.05, 4.69) is 55.8 Å². The van der Waals surface area contributed by atoms with Crippen LogP contribution >= 0.6 is 0 Å². The lowest BCUT2D eigenvalue weighted by molar-refractivity contribution is 0.416. The molecular formula is C13H23N3. The van der Waals surface area contributed by atoms with E-state index in [9.17, 15) is 0 Å². The highest BCUT2D eigenvalue weighted by atomic mass is 15.2. The first-order chi connectivity index (χ1) is 7.50. The molecule has 0 aliphatic rings. The van der Waals surface area contributed by atoms with Crippen molar-refractivity contribution in [3.63, 3.8) is 0 Å². The lowest BCUT2D eigenvalue weighted by atomic mass is 10.1. The van der Waals surface area contributed by atoms with Crippen LogP contribution in [0.2, 0.25) is 0 Å². The molecule has 16 heavy (non-hydrogen) atoms. The molecule has 0 unspecified atom stereocenters. The van der Waals surface area contributed by atoms with Gasteiger partial charge in [0.05, 0.1) is 11.9 Å². The highest BCUT2D eigenvalue weighted by molar-refractivity contribution is 5.45. The maximum absolute atomic E-state index is 4.30. The number of aromatic nitrogens is 1. The SMILES string of the molecule is CC(C)c1cncc(N(C)CCN(C)C)c1. The van der Waals surface area contributed by atoms with E-state index >= 15 is 0 Å². The third-order valence-electron chi connectivity index (χ3n) is 2.74. The van der Waals surface area contributed by atoms with Gasteiger partial charge in [0.25, 0.3) is 0 Å². The minimum Gasteiger partial charge on any atom is -0.372 e. The van der Waals surface area contributed by atoms with E-state index in [0.29, 0.717) is 5.92 Å². The number of nitrogens with zero attached hydrogens (tertiary/aromatic N) is 3. The van der Waals surface area contributed by atoms with E-state index < -0.39 is 0 Å². The largest absolute Gasteiger partial charge is 0.372 e. The zero-order valence-corrected chi connectivity index (χ0v) is 11.1. The van der Waals surface area contributed by atoms with Crippen LogP contribution in [0.3, 0.4) is 0 Å². The van der Waals surface area contributed by atoms with Crippen molar-refractivity contribution >= 4 is 5.69 Å². The third-order valence-corrected chi connectivity index (χ3v) is 2.74. The zero-order chi connectivity index (χ0) is 12.1. The Morgan fingerprint density at radius 3 is 2.38 bits per heavy atom. The summed E-state index contributed by atoms with van der Waals surface area (Å²) in [6.07, 6.45) is 3.88. The standard InChI is InChI=1S/C13H23N3/c1-11(2)12-8-13(10-14-9-12)16(5)7-6-15(3)4/h8-11H,6-7H2,1-5H3. The van der Waals surface area contributed by atoms with Crippen molar-refractivity contribution in [3.8, 4) is 0 Å². The molecule has 0 aromatic carbocycles. The van der Waals surface area contributed by atoms with Crippen LogP contribution in [0.15, 0.2) is 18.5 Å². The van der Waals surface area contributed by atoms with Gasteiger partial charge in [0, 0.05) is 26.3 Å². The highest BCUT2D eigenvalue weighted by Gasteiger charge is 2.05. The fraction of sp³-hybridized carbons (Fsp3) is 0.615. The van der Waals surface area contributed by atoms with Gasteiger partial charge in [-0.2, -0.15) is 0 Å². The second-order valence-electron chi connectivity index (χ2n) is 4.86. The molecule has 0 spiro atoms. The van der Waals surface area contributed by atoms with Gasteiger partial charge >= 0.3 is 0 Å². The molecule has 1 rings (SSSR count). The Balaban J connectivity index is 2.68. The molecule has 90 valence electrons. The smallest absolute Gasteiger partial charge is 0.0553 e. The maximum atomic E-state index is 4.30. The number of pyridine rings is 1. The normalized spacial score (nSPS) is 11.2. The van der Waals surface area contributed by atoms with Gasteiger partial charge < -0.3 is 9.80 Å². The van der Waals surface area contributed by atoms with Gasteiger partial charge in [-0.25, -0.2) is 0 Å². The van der Waals surface area contributed by atoms with Crippen LogP contribution < -0.4 is 4.90 Å². The molecule has 0 bridgehead atoms. The average Bonchev–Trinajstić information content (AvgIpc) is 2.26. The summed E-state index contributed by atoms with van der Waals surface area (Å²) in [5.41, 5.74) is 2.50. The van der Waals surface area contributed by atoms with Gasteiger partial charge in [-0.1, -0.05) is 13.8 Å². The highest BCUT2D eigenvalue weighted by Crippen LogP contribution is 2.18. The van der Waals surface area contributed by atoms with Crippen LogP contribution in [-0.2, 0) is 0 Å². The minimum absolute atomic E-state index is 0.537. The van der Waals surface area contributed by atoms with E-state index in [1.54, 1.807) is 0 Å². The number of likely N-dealkylation sites (N-methyl/N-ethyl adjacent to an activating group) is 2. The summed E-state index contributed by atoms with van der Waals surface area (Å²) in [6.45, 7) is 6.47. The topological polar surface area (TPSA) is 19.4 Å². The summed E-state index contributed by atoms with van der Waals surface area (Å²) in [7, 11) is 6.30. The Morgan fingerprint density at radius 1 is 1.12 bits per heavy atom. The lowest BCUT2D eigenvalue weighted by Gasteiger charge is -2.22. The van der Waals surface area contributed by atoms with Crippen LogP contribution in [0.25, 0.3) is 0 Å². The molecule has 1 aromatic rings. The van der Waals surface area contributed by atoms with Crippen molar-refractivity contribution in [1.82, 2.24) is 9.88 Å². The van der Waals surface area contributed by atoms with Crippen LogP contribution in [0.5, 0.6) is 0 Å². The Labute approximate surface area is 99.1 Å². The van der Waals surface area contributed by atoms with Crippen LogP contribution in [0.4, 0.5) is 5.69 Å². The maximum Gasteiger partial charge on any atom is 0.0553 e. The first kappa shape index (κ1) is 13.0. The van der Waals surface area contributed by atoms with Crippen molar-refractivity contribution in [2.75, 3.05) is 39.1 Å². The predicted octanol–water partition coefficient (Wildman–Crippen LogP) is 2.20. The fourth-order valence-corrected chi connectivity index (χ4v) is 1.45. The van der Waals surface area contributed by atoms with Crippen molar-refractivity contribution in [3.05, 3.63) is 24.0 Å². The molecule has 0 atom stereocenters. The molecule has 3 nitrogen and oxygen atoms in total. The molecule has 1 aromatic heterocycles. The molecule has 0 aliphatic carbocycles. The molecule has 0 aliphatic heterocycles. The van der Waals surface area contributed by atoms with Crippen LogP contribution in [0, 0.1) is 0 Å². The monoisotopic (exact) mass is 221 g/mol. The summed E-state index contributed by atoms with van der Waals surface area (Å²) in [5, 5.41) is 0. The van der Waals surface area contributed by atoms with Gasteiger partial charge in [0.15, 0.2) is 0 Å². The van der Waals surface area contributed by atoms with E-state index in [-0.39, 0.29) is 0 Å². The summed E-state index contributed by atoms with van der Waals surface area (Å²) in [4.78, 5) is 8.74. The molecular weight excluding hydrogens is 198 g/mol. The lowest BCUT2D eigenvalue weighted by Crippen LogP contribution is -2.28. The van der Waals surface area contributed by atoms with E-state index in [1.807, 2.05) is 12.4 Å². The van der Waals surface area contributed by atoms with E-state index in [4.69, 9.17) is 0 Å². The van der Waals surface area contributed by atoms with Gasteiger partial charge in [0.1, 0.15) is 0 Å². The first-order valence-corrected chi connectivity index (χ1v) is 5.81. The average molecular weight is 221 g/mol. The van der Waals surface area contributed by atoms with Crippen molar-refractivity contribution in [2.24, 2.45) is 0 Å². The number of rotatable bonds is 5. The third kappa shape index (κ3) is 3.81. The van der Waals surface area contributed by atoms with E-state index in [1.165, 1.54) is 11.3 Å². The number of hydrogen-bond acceptors (Lipinski definition) is 3. The Kier molecular flexibility index (Phi) is 4.74. The predicted molar refractivity (Wildman–Crippen MR) is 70.2 cm³/mol. The summed E-state index contributed by atoms with van der Waals surface area (Å²) >= 11 is 0. The summed E-state index contributed by atoms with van der Waals surface area (Å²) in [5.74, 6) is 0.537. The molecule has 0 saturated carbocycles. The molecule has 0 N–H and O–H groups in total. The number of hydrogen-bond donors (Lipinski definition) is 0. The van der Waals surface area contributed by atoms with Gasteiger partial charge in [0.2, 0.25) is 0 Å². The minimum atomic E-state index is 0.537. The first-order valence-electron chi connectivity index (χ1n) is 5.81. The second kappa shape index (κ2) is 5.85. The molecule has 1 heterocycles. The van der Waals surface area contributed by atoms with E-state index in [0.717, 1.165) is 13.1 Å². The van der Waals surface area contributed by atoms with Gasteiger partial charge in [-0.05, 0) is 31.6 Å². The number of anilines is 1. The summed E-state index contributed by atoms with van der Waals surface area (Å²) < 4.78 is 0. The Bertz CT molecular complexity index is 321. The molecule has 0 saturated heterocycles. The van der Waals surface area contributed by atoms with Gasteiger partial charge in [-0.15, -0.1) is 0 Å². The van der Waals surface area contributed by atoms with Crippen molar-refractivity contribution < 1.29 is 0 Å². The zero-order valence-electron chi connectivity index (χ0n) is 11.1. The van der Waals surface area contributed by atoms with Crippen molar-refractivity contribution in [1.29, 1.82) is 0 Å². The molecule has 3 heteroatoms. The van der Waals surface area contributed by atoms with Crippen LogP contribution in [-0.4, -0.2) is 44.1 Å². The van der Waals surface area contributed by atoms with Crippen molar-refractivity contribution in [2.45, 2.75) is 19.8 Å². The van der Waals surface area contributed by atoms with Crippen LogP contribution in [0.1, 0.15) is 25.3 Å². The quantitative estimate of drug-likeness (QED) is 0.760. The fourth-order valence-electron chi connectivity index (χ4n) is 1.45.